The van der Waals surface area contributed by atoms with Crippen molar-refractivity contribution >= 4 is 0 Å². The van der Waals surface area contributed by atoms with Gasteiger partial charge in [0.2, 0.25) is 0 Å². The lowest BCUT2D eigenvalue weighted by Gasteiger charge is -2.13. The van der Waals surface area contributed by atoms with Crippen molar-refractivity contribution < 1.29 is 19.7 Å². The van der Waals surface area contributed by atoms with Crippen LogP contribution in [0.1, 0.15) is 32.3 Å². The van der Waals surface area contributed by atoms with Crippen molar-refractivity contribution in [2.24, 2.45) is 0 Å². The monoisotopic (exact) mass is 471 g/mol. The fraction of sp³-hybridized carbons (Fsp3) is 0.250. The Kier molecular flexibility index (Phi) is 7.45. The molecule has 0 amide bonds. The molecule has 0 unspecified atom stereocenters. The van der Waals surface area contributed by atoms with E-state index in [0.29, 0.717) is 53.3 Å². The summed E-state index contributed by atoms with van der Waals surface area (Å²) in [5, 5.41) is 21.5. The van der Waals surface area contributed by atoms with E-state index in [2.05, 4.69) is 15.0 Å². The van der Waals surface area contributed by atoms with E-state index in [1.165, 1.54) is 0 Å². The summed E-state index contributed by atoms with van der Waals surface area (Å²) in [6.07, 6.45) is 1.73. The average Bonchev–Trinajstić information content (AvgIpc) is 2.86. The molecule has 3 aromatic carbocycles. The fourth-order valence-electron chi connectivity index (χ4n) is 3.58. The normalized spacial score (nSPS) is 10.8. The van der Waals surface area contributed by atoms with Crippen LogP contribution in [0.3, 0.4) is 0 Å². The number of hydrogen-bond acceptors (Lipinski definition) is 7. The molecule has 0 saturated carbocycles. The first-order valence-corrected chi connectivity index (χ1v) is 11.7. The van der Waals surface area contributed by atoms with Gasteiger partial charge in [0.05, 0.1) is 24.3 Å². The van der Waals surface area contributed by atoms with Crippen LogP contribution in [-0.4, -0.2) is 38.4 Å². The van der Waals surface area contributed by atoms with Crippen molar-refractivity contribution in [2.45, 2.75) is 33.6 Å². The van der Waals surface area contributed by atoms with E-state index in [1.807, 2.05) is 45.0 Å². The predicted molar refractivity (Wildman–Crippen MR) is 136 cm³/mol. The second kappa shape index (κ2) is 10.9. The van der Waals surface area contributed by atoms with Crippen LogP contribution in [0.5, 0.6) is 23.0 Å². The number of hydrogen-bond donors (Lipinski definition) is 2. The van der Waals surface area contributed by atoms with Crippen LogP contribution < -0.4 is 9.47 Å². The highest BCUT2D eigenvalue weighted by Gasteiger charge is 2.18. The Morgan fingerprint density at radius 3 is 1.51 bits per heavy atom. The van der Waals surface area contributed by atoms with Crippen molar-refractivity contribution in [3.8, 4) is 57.2 Å². The number of aromatic nitrogens is 3. The fourth-order valence-corrected chi connectivity index (χ4v) is 3.58. The molecule has 4 aromatic rings. The molecule has 0 fully saturated rings. The molecule has 0 aliphatic rings. The van der Waals surface area contributed by atoms with Gasteiger partial charge in [-0.1, -0.05) is 38.1 Å². The number of phenolic OH excluding ortho intramolecular Hbond substituents is 2. The van der Waals surface area contributed by atoms with Crippen molar-refractivity contribution in [3.63, 3.8) is 0 Å². The zero-order valence-corrected chi connectivity index (χ0v) is 20.2. The number of rotatable bonds is 9. The zero-order valence-electron chi connectivity index (χ0n) is 20.2. The Hall–Kier alpha value is -4.13. The van der Waals surface area contributed by atoms with E-state index in [4.69, 9.17) is 9.47 Å². The third kappa shape index (κ3) is 5.51. The standard InChI is InChI=1S/C28H29N3O4/c1-4-14-34-19-10-12-22(24(32)16-19)27-29-26(21-9-7-6-8-18(21)3)30-28(31-27)23-13-11-20(17-25(23)33)35-15-5-2/h6-13,16-17,32-33H,4-5,14-15H2,1-3H3. The first-order valence-electron chi connectivity index (χ1n) is 11.7. The van der Waals surface area contributed by atoms with Gasteiger partial charge >= 0.3 is 0 Å². The first kappa shape index (κ1) is 24.0. The van der Waals surface area contributed by atoms with Gasteiger partial charge < -0.3 is 19.7 Å². The van der Waals surface area contributed by atoms with Gasteiger partial charge in [0.15, 0.2) is 17.5 Å². The number of ether oxygens (including phenoxy) is 2. The van der Waals surface area contributed by atoms with Gasteiger partial charge in [0, 0.05) is 17.7 Å². The number of aryl methyl sites for hydroxylation is 1. The maximum absolute atomic E-state index is 10.7. The molecule has 0 radical (unpaired) electrons. The molecule has 7 heteroatoms. The van der Waals surface area contributed by atoms with Crippen molar-refractivity contribution in [1.29, 1.82) is 0 Å². The minimum absolute atomic E-state index is 0.000905. The topological polar surface area (TPSA) is 97.6 Å². The number of aromatic hydroxyl groups is 2. The van der Waals surface area contributed by atoms with Gasteiger partial charge in [-0.15, -0.1) is 0 Å². The number of phenols is 2. The Balaban J connectivity index is 1.83. The third-order valence-corrected chi connectivity index (χ3v) is 5.39. The molecule has 0 atom stereocenters. The maximum Gasteiger partial charge on any atom is 0.167 e. The predicted octanol–water partition coefficient (Wildman–Crippen LogP) is 6.17. The summed E-state index contributed by atoms with van der Waals surface area (Å²) in [5.74, 6) is 2.17. The molecular weight excluding hydrogens is 442 g/mol. The minimum Gasteiger partial charge on any atom is -0.507 e. The number of nitrogens with zero attached hydrogens (tertiary/aromatic N) is 3. The van der Waals surface area contributed by atoms with Crippen LogP contribution in [0, 0.1) is 6.92 Å². The molecule has 35 heavy (non-hydrogen) atoms. The molecule has 4 rings (SSSR count). The van der Waals surface area contributed by atoms with Gasteiger partial charge in [-0.2, -0.15) is 0 Å². The SMILES string of the molecule is CCCOc1ccc(-c2nc(-c3ccccc3C)nc(-c3ccc(OCCC)cc3O)n2)c(O)c1. The van der Waals surface area contributed by atoms with E-state index in [0.717, 1.165) is 24.0 Å². The van der Waals surface area contributed by atoms with E-state index in [-0.39, 0.29) is 11.5 Å². The van der Waals surface area contributed by atoms with Crippen molar-refractivity contribution in [1.82, 2.24) is 15.0 Å². The third-order valence-electron chi connectivity index (χ3n) is 5.39. The van der Waals surface area contributed by atoms with Crippen LogP contribution >= 0.6 is 0 Å². The first-order chi connectivity index (χ1) is 17.0. The molecule has 0 spiro atoms. The van der Waals surface area contributed by atoms with E-state index >= 15 is 0 Å². The maximum atomic E-state index is 10.7. The largest absolute Gasteiger partial charge is 0.507 e. The van der Waals surface area contributed by atoms with Crippen LogP contribution in [0.2, 0.25) is 0 Å². The number of benzene rings is 3. The summed E-state index contributed by atoms with van der Waals surface area (Å²) in [5.41, 5.74) is 2.71. The molecule has 1 aromatic heterocycles. The van der Waals surface area contributed by atoms with Crippen molar-refractivity contribution in [2.75, 3.05) is 13.2 Å². The Morgan fingerprint density at radius 1 is 0.629 bits per heavy atom. The van der Waals surface area contributed by atoms with Crippen LogP contribution in [0.4, 0.5) is 0 Å². The van der Waals surface area contributed by atoms with Crippen LogP contribution in [0.15, 0.2) is 60.7 Å². The zero-order chi connectivity index (χ0) is 24.8. The Morgan fingerprint density at radius 2 is 1.09 bits per heavy atom. The molecular formula is C28H29N3O4. The van der Waals surface area contributed by atoms with E-state index < -0.39 is 0 Å². The highest BCUT2D eigenvalue weighted by Crippen LogP contribution is 2.36. The quantitative estimate of drug-likeness (QED) is 0.301. The molecule has 1 heterocycles. The molecule has 7 nitrogen and oxygen atoms in total. The van der Waals surface area contributed by atoms with E-state index in [1.54, 1.807) is 36.4 Å². The second-order valence-electron chi connectivity index (χ2n) is 8.18. The Labute approximate surface area is 205 Å². The molecule has 2 N–H and O–H groups in total. The lowest BCUT2D eigenvalue weighted by atomic mass is 10.1. The summed E-state index contributed by atoms with van der Waals surface area (Å²) >= 11 is 0. The van der Waals surface area contributed by atoms with Gasteiger partial charge in [-0.05, 0) is 49.6 Å². The molecule has 0 aliphatic carbocycles. The van der Waals surface area contributed by atoms with Crippen LogP contribution in [0.25, 0.3) is 34.2 Å². The summed E-state index contributed by atoms with van der Waals surface area (Å²) < 4.78 is 11.3. The smallest absolute Gasteiger partial charge is 0.167 e. The Bertz CT molecular complexity index is 1250. The van der Waals surface area contributed by atoms with Gasteiger partial charge in [-0.25, -0.2) is 15.0 Å². The summed E-state index contributed by atoms with van der Waals surface area (Å²) in [6, 6.07) is 17.9. The second-order valence-corrected chi connectivity index (χ2v) is 8.18. The molecule has 180 valence electrons. The average molecular weight is 472 g/mol. The van der Waals surface area contributed by atoms with Crippen molar-refractivity contribution in [3.05, 3.63) is 66.2 Å². The van der Waals surface area contributed by atoms with E-state index in [9.17, 15) is 10.2 Å². The van der Waals surface area contributed by atoms with Gasteiger partial charge in [0.25, 0.3) is 0 Å². The molecule has 0 saturated heterocycles. The minimum atomic E-state index is -0.000905. The lowest BCUT2D eigenvalue weighted by molar-refractivity contribution is 0.315. The molecule has 0 aliphatic heterocycles. The highest BCUT2D eigenvalue weighted by atomic mass is 16.5. The summed E-state index contributed by atoms with van der Waals surface area (Å²) in [7, 11) is 0. The lowest BCUT2D eigenvalue weighted by Crippen LogP contribution is -2.02. The highest BCUT2D eigenvalue weighted by molar-refractivity contribution is 5.73. The summed E-state index contributed by atoms with van der Waals surface area (Å²) in [4.78, 5) is 14.0. The molecule has 0 bridgehead atoms. The summed E-state index contributed by atoms with van der Waals surface area (Å²) in [6.45, 7) is 7.14. The van der Waals surface area contributed by atoms with Gasteiger partial charge in [-0.3, -0.25) is 0 Å². The van der Waals surface area contributed by atoms with Crippen LogP contribution in [-0.2, 0) is 0 Å². The van der Waals surface area contributed by atoms with Gasteiger partial charge in [0.1, 0.15) is 23.0 Å².